The number of aromatic nitrogens is 3. The summed E-state index contributed by atoms with van der Waals surface area (Å²) >= 11 is 0. The molecule has 0 amide bonds. The van der Waals surface area contributed by atoms with Gasteiger partial charge in [-0.05, 0) is 37.0 Å². The zero-order valence-electron chi connectivity index (χ0n) is 12.1. The molecule has 0 saturated carbocycles. The largest absolute Gasteiger partial charge is 0.368 e. The van der Waals surface area contributed by atoms with E-state index < -0.39 is 0 Å². The minimum Gasteiger partial charge on any atom is -0.368 e. The van der Waals surface area contributed by atoms with Gasteiger partial charge in [-0.1, -0.05) is 20.8 Å². The van der Waals surface area contributed by atoms with E-state index in [0.717, 1.165) is 23.4 Å². The average Bonchev–Trinajstić information content (AvgIpc) is 2.88. The highest BCUT2D eigenvalue weighted by atomic mass is 15.1. The van der Waals surface area contributed by atoms with Gasteiger partial charge >= 0.3 is 0 Å². The van der Waals surface area contributed by atoms with E-state index in [-0.39, 0.29) is 0 Å². The van der Waals surface area contributed by atoms with Crippen LogP contribution in [0.2, 0.25) is 0 Å². The molecule has 0 aliphatic heterocycles. The molecule has 1 atom stereocenters. The lowest BCUT2D eigenvalue weighted by Gasteiger charge is -2.13. The van der Waals surface area contributed by atoms with Crippen LogP contribution in [0.25, 0.3) is 11.1 Å². The van der Waals surface area contributed by atoms with Crippen LogP contribution in [0.4, 0.5) is 5.82 Å². The Hall–Kier alpha value is -1.84. The van der Waals surface area contributed by atoms with E-state index in [9.17, 15) is 0 Å². The summed E-state index contributed by atoms with van der Waals surface area (Å²) in [6.45, 7) is 8.65. The normalized spacial score (nSPS) is 12.7. The molecule has 2 N–H and O–H groups in total. The van der Waals surface area contributed by atoms with Crippen molar-refractivity contribution in [1.82, 2.24) is 15.2 Å². The van der Waals surface area contributed by atoms with Crippen LogP contribution in [0.3, 0.4) is 0 Å². The monoisotopic (exact) mass is 258 g/mol. The fourth-order valence-electron chi connectivity index (χ4n) is 2.00. The first-order valence-electron chi connectivity index (χ1n) is 6.88. The van der Waals surface area contributed by atoms with E-state index in [0.29, 0.717) is 12.0 Å². The summed E-state index contributed by atoms with van der Waals surface area (Å²) in [5, 5.41) is 10.6. The molecule has 0 fully saturated rings. The third-order valence-electron chi connectivity index (χ3n) is 3.32. The molecule has 19 heavy (non-hydrogen) atoms. The molecule has 4 nitrogen and oxygen atoms in total. The number of nitrogens with one attached hydrogen (secondary N) is 2. The summed E-state index contributed by atoms with van der Waals surface area (Å²) in [6.07, 6.45) is 4.81. The molecule has 4 heteroatoms. The number of anilines is 1. The van der Waals surface area contributed by atoms with E-state index in [1.807, 2.05) is 18.5 Å². The zero-order valence-corrected chi connectivity index (χ0v) is 12.1. The lowest BCUT2D eigenvalue weighted by Crippen LogP contribution is -2.14. The molecule has 2 aromatic heterocycles. The minimum absolute atomic E-state index is 0.427. The van der Waals surface area contributed by atoms with Gasteiger partial charge in [0.2, 0.25) is 0 Å². The predicted molar refractivity (Wildman–Crippen MR) is 79.3 cm³/mol. The first-order chi connectivity index (χ1) is 9.11. The molecule has 0 aliphatic carbocycles. The van der Waals surface area contributed by atoms with Crippen molar-refractivity contribution in [3.05, 3.63) is 30.2 Å². The van der Waals surface area contributed by atoms with Gasteiger partial charge in [0, 0.05) is 23.5 Å². The lowest BCUT2D eigenvalue weighted by molar-refractivity contribution is 0.759. The second kappa shape index (κ2) is 5.87. The number of hydrogen-bond acceptors (Lipinski definition) is 3. The smallest absolute Gasteiger partial charge is 0.126 e. The Morgan fingerprint density at radius 3 is 2.79 bits per heavy atom. The Balaban J connectivity index is 2.30. The number of pyridine rings is 1. The SMILES string of the molecule is CCC(C)Nc1cc(-c2cn[nH]c2C(C)C)ccn1. The van der Waals surface area contributed by atoms with Crippen molar-refractivity contribution >= 4 is 5.82 Å². The summed E-state index contributed by atoms with van der Waals surface area (Å²) in [5.74, 6) is 1.35. The van der Waals surface area contributed by atoms with Crippen molar-refractivity contribution in [2.75, 3.05) is 5.32 Å². The van der Waals surface area contributed by atoms with Crippen molar-refractivity contribution in [3.8, 4) is 11.1 Å². The number of H-pyrrole nitrogens is 1. The van der Waals surface area contributed by atoms with Gasteiger partial charge in [-0.15, -0.1) is 0 Å². The summed E-state index contributed by atoms with van der Waals surface area (Å²) in [5.41, 5.74) is 3.48. The van der Waals surface area contributed by atoms with E-state index >= 15 is 0 Å². The molecule has 102 valence electrons. The van der Waals surface area contributed by atoms with Gasteiger partial charge in [0.15, 0.2) is 0 Å². The lowest BCUT2D eigenvalue weighted by atomic mass is 10.0. The van der Waals surface area contributed by atoms with Gasteiger partial charge in [0.1, 0.15) is 5.82 Å². The summed E-state index contributed by atoms with van der Waals surface area (Å²) in [7, 11) is 0. The molecule has 1 unspecified atom stereocenters. The van der Waals surface area contributed by atoms with E-state index in [1.54, 1.807) is 0 Å². The third-order valence-corrected chi connectivity index (χ3v) is 3.32. The summed E-state index contributed by atoms with van der Waals surface area (Å²) in [6, 6.07) is 4.54. The Bertz CT molecular complexity index is 530. The predicted octanol–water partition coefficient (Wildman–Crippen LogP) is 3.81. The van der Waals surface area contributed by atoms with Crippen LogP contribution in [0.15, 0.2) is 24.5 Å². The second-order valence-corrected chi connectivity index (χ2v) is 5.24. The van der Waals surface area contributed by atoms with Crippen molar-refractivity contribution in [2.24, 2.45) is 0 Å². The molecular weight excluding hydrogens is 236 g/mol. The molecule has 2 heterocycles. The molecule has 0 aromatic carbocycles. The van der Waals surface area contributed by atoms with Gasteiger partial charge < -0.3 is 5.32 Å². The highest BCUT2D eigenvalue weighted by molar-refractivity contribution is 5.68. The number of aromatic amines is 1. The maximum absolute atomic E-state index is 4.37. The van der Waals surface area contributed by atoms with Gasteiger partial charge in [0.25, 0.3) is 0 Å². The Morgan fingerprint density at radius 2 is 2.11 bits per heavy atom. The van der Waals surface area contributed by atoms with Gasteiger partial charge in [-0.25, -0.2) is 4.98 Å². The highest BCUT2D eigenvalue weighted by Gasteiger charge is 2.11. The van der Waals surface area contributed by atoms with Crippen LogP contribution in [0, 0.1) is 0 Å². The first-order valence-corrected chi connectivity index (χ1v) is 6.88. The Morgan fingerprint density at radius 1 is 1.32 bits per heavy atom. The van der Waals surface area contributed by atoms with Crippen LogP contribution in [-0.2, 0) is 0 Å². The topological polar surface area (TPSA) is 53.6 Å². The minimum atomic E-state index is 0.427. The quantitative estimate of drug-likeness (QED) is 0.857. The number of hydrogen-bond donors (Lipinski definition) is 2. The number of nitrogens with zero attached hydrogens (tertiary/aromatic N) is 2. The maximum Gasteiger partial charge on any atom is 0.126 e. The standard InChI is InChI=1S/C15H22N4/c1-5-11(4)18-14-8-12(6-7-16-14)13-9-17-19-15(13)10(2)3/h6-11H,5H2,1-4H3,(H,16,18)(H,17,19). The summed E-state index contributed by atoms with van der Waals surface area (Å²) < 4.78 is 0. The number of rotatable bonds is 5. The van der Waals surface area contributed by atoms with Gasteiger partial charge in [-0.3, -0.25) is 5.10 Å². The van der Waals surface area contributed by atoms with E-state index in [4.69, 9.17) is 0 Å². The molecule has 0 radical (unpaired) electrons. The van der Waals surface area contributed by atoms with Crippen LogP contribution >= 0.6 is 0 Å². The fourth-order valence-corrected chi connectivity index (χ4v) is 2.00. The van der Waals surface area contributed by atoms with Gasteiger partial charge in [-0.2, -0.15) is 5.10 Å². The molecule has 0 bridgehead atoms. The highest BCUT2D eigenvalue weighted by Crippen LogP contribution is 2.28. The summed E-state index contributed by atoms with van der Waals surface area (Å²) in [4.78, 5) is 4.37. The van der Waals surface area contributed by atoms with Crippen molar-refractivity contribution in [1.29, 1.82) is 0 Å². The van der Waals surface area contributed by atoms with Gasteiger partial charge in [0.05, 0.1) is 6.20 Å². The second-order valence-electron chi connectivity index (χ2n) is 5.24. The van der Waals surface area contributed by atoms with Crippen molar-refractivity contribution in [3.63, 3.8) is 0 Å². The molecule has 0 aliphatic rings. The van der Waals surface area contributed by atoms with Crippen LogP contribution < -0.4 is 5.32 Å². The van der Waals surface area contributed by atoms with Crippen LogP contribution in [0.5, 0.6) is 0 Å². The molecule has 2 rings (SSSR count). The van der Waals surface area contributed by atoms with Crippen molar-refractivity contribution < 1.29 is 0 Å². The fraction of sp³-hybridized carbons (Fsp3) is 0.467. The van der Waals surface area contributed by atoms with Crippen LogP contribution in [-0.4, -0.2) is 21.2 Å². The molecular formula is C15H22N4. The average molecular weight is 258 g/mol. The molecule has 2 aromatic rings. The Labute approximate surface area is 114 Å². The third kappa shape index (κ3) is 3.13. The van der Waals surface area contributed by atoms with E-state index in [2.05, 4.69) is 54.3 Å². The van der Waals surface area contributed by atoms with Crippen molar-refractivity contribution in [2.45, 2.75) is 46.1 Å². The molecule has 0 saturated heterocycles. The van der Waals surface area contributed by atoms with Crippen LogP contribution in [0.1, 0.15) is 45.7 Å². The zero-order chi connectivity index (χ0) is 13.8. The van der Waals surface area contributed by atoms with E-state index in [1.165, 1.54) is 5.69 Å². The Kier molecular flexibility index (Phi) is 4.20. The first kappa shape index (κ1) is 13.6. The maximum atomic E-state index is 4.37. The molecule has 0 spiro atoms.